The van der Waals surface area contributed by atoms with Crippen molar-refractivity contribution in [2.45, 2.75) is 18.5 Å². The maximum atomic E-state index is 12.0. The molecule has 4 nitrogen and oxygen atoms in total. The molecule has 0 aliphatic heterocycles. The van der Waals surface area contributed by atoms with Gasteiger partial charge in [-0.2, -0.15) is 30.4 Å². The van der Waals surface area contributed by atoms with Crippen molar-refractivity contribution in [3.8, 4) is 0 Å². The van der Waals surface area contributed by atoms with Crippen molar-refractivity contribution in [3.63, 3.8) is 0 Å². The van der Waals surface area contributed by atoms with E-state index in [0.717, 1.165) is 0 Å². The lowest BCUT2D eigenvalue weighted by molar-refractivity contribution is -0.285. The minimum atomic E-state index is -5.77. The minimum Gasteiger partial charge on any atom is -0.264 e. The van der Waals surface area contributed by atoms with Crippen molar-refractivity contribution >= 4 is 10.4 Å². The molecule has 0 atom stereocenters. The topological polar surface area (TPSA) is 63.6 Å². The number of halogens is 5. The first kappa shape index (κ1) is 13.5. The van der Waals surface area contributed by atoms with Crippen molar-refractivity contribution in [2.24, 2.45) is 0 Å². The van der Waals surface area contributed by atoms with E-state index in [4.69, 9.17) is 4.55 Å². The average molecular weight is 244 g/mol. The highest BCUT2D eigenvalue weighted by Crippen LogP contribution is 2.37. The molecule has 0 aliphatic rings. The van der Waals surface area contributed by atoms with Crippen molar-refractivity contribution in [1.82, 2.24) is 0 Å². The predicted molar refractivity (Wildman–Crippen MR) is 33.1 cm³/mol. The maximum Gasteiger partial charge on any atom is 0.453 e. The van der Waals surface area contributed by atoms with Gasteiger partial charge in [-0.25, -0.2) is 4.18 Å². The summed E-state index contributed by atoms with van der Waals surface area (Å²) < 4.78 is 89.1. The minimum absolute atomic E-state index is 1.45. The second kappa shape index (κ2) is 3.95. The third kappa shape index (κ3) is 4.67. The van der Waals surface area contributed by atoms with Gasteiger partial charge in [0, 0.05) is 6.42 Å². The van der Waals surface area contributed by atoms with Crippen molar-refractivity contribution in [2.75, 3.05) is 6.61 Å². The van der Waals surface area contributed by atoms with Crippen LogP contribution >= 0.6 is 0 Å². The van der Waals surface area contributed by atoms with Crippen LogP contribution in [0.2, 0.25) is 0 Å². The molecule has 14 heavy (non-hydrogen) atoms. The van der Waals surface area contributed by atoms with Crippen molar-refractivity contribution < 1.29 is 39.1 Å². The lowest BCUT2D eigenvalue weighted by Crippen LogP contribution is -2.37. The van der Waals surface area contributed by atoms with Crippen LogP contribution in [-0.2, 0) is 14.6 Å². The summed E-state index contributed by atoms with van der Waals surface area (Å²) in [6, 6.07) is 0. The SMILES string of the molecule is O=S(=O)(O)OCCC(F)(F)C(F)(F)F. The van der Waals surface area contributed by atoms with Gasteiger partial charge < -0.3 is 0 Å². The summed E-state index contributed by atoms with van der Waals surface area (Å²) in [6.07, 6.45) is -7.65. The molecule has 0 saturated heterocycles. The number of hydrogen-bond acceptors (Lipinski definition) is 3. The third-order valence-corrected chi connectivity index (χ3v) is 1.53. The molecule has 0 bridgehead atoms. The fourth-order valence-electron chi connectivity index (χ4n) is 0.417. The zero-order chi connectivity index (χ0) is 11.6. The van der Waals surface area contributed by atoms with Crippen LogP contribution in [0, 0.1) is 0 Å². The highest BCUT2D eigenvalue weighted by atomic mass is 32.3. The second-order valence-electron chi connectivity index (χ2n) is 2.20. The Balaban J connectivity index is 4.15. The summed E-state index contributed by atoms with van der Waals surface area (Å²) in [5.41, 5.74) is 0. The fourth-order valence-corrected chi connectivity index (χ4v) is 0.711. The van der Waals surface area contributed by atoms with Gasteiger partial charge in [-0.05, 0) is 0 Å². The van der Waals surface area contributed by atoms with E-state index in [1.54, 1.807) is 0 Å². The number of alkyl halides is 5. The highest BCUT2D eigenvalue weighted by Gasteiger charge is 2.56. The lowest BCUT2D eigenvalue weighted by Gasteiger charge is -2.18. The lowest BCUT2D eigenvalue weighted by atomic mass is 10.2. The van der Waals surface area contributed by atoms with E-state index in [9.17, 15) is 30.4 Å². The van der Waals surface area contributed by atoms with Gasteiger partial charge in [0.25, 0.3) is 0 Å². The summed E-state index contributed by atoms with van der Waals surface area (Å²) >= 11 is 0. The molecule has 86 valence electrons. The fraction of sp³-hybridized carbons (Fsp3) is 1.00. The Hall–Kier alpha value is -0.480. The third-order valence-electron chi connectivity index (χ3n) is 1.06. The Bertz CT molecular complexity index is 281. The van der Waals surface area contributed by atoms with E-state index < -0.39 is 35.5 Å². The summed E-state index contributed by atoms with van der Waals surface area (Å²) in [7, 11) is -4.99. The monoisotopic (exact) mass is 244 g/mol. The molecule has 1 N–H and O–H groups in total. The average Bonchev–Trinajstić information content (AvgIpc) is 1.80. The van der Waals surface area contributed by atoms with E-state index in [0.29, 0.717) is 0 Å². The van der Waals surface area contributed by atoms with Gasteiger partial charge in [0.1, 0.15) is 0 Å². The number of hydrogen-bond donors (Lipinski definition) is 1. The van der Waals surface area contributed by atoms with Gasteiger partial charge in [0.15, 0.2) is 0 Å². The molecule has 0 saturated carbocycles. The van der Waals surface area contributed by atoms with Gasteiger partial charge in [0.05, 0.1) is 6.61 Å². The summed E-state index contributed by atoms with van der Waals surface area (Å²) in [6.45, 7) is -1.45. The van der Waals surface area contributed by atoms with Crippen molar-refractivity contribution in [3.05, 3.63) is 0 Å². The largest absolute Gasteiger partial charge is 0.453 e. The normalized spacial score (nSPS) is 14.4. The molecule has 0 aromatic rings. The first-order chi connectivity index (χ1) is 5.96. The van der Waals surface area contributed by atoms with Crippen LogP contribution in [0.4, 0.5) is 22.0 Å². The Labute approximate surface area is 75.6 Å². The molecular formula is C4H5F5O4S. The van der Waals surface area contributed by atoms with Crippen LogP contribution in [-0.4, -0.2) is 31.7 Å². The van der Waals surface area contributed by atoms with E-state index in [1.165, 1.54) is 0 Å². The zero-order valence-corrected chi connectivity index (χ0v) is 7.20. The van der Waals surface area contributed by atoms with Gasteiger partial charge in [-0.15, -0.1) is 0 Å². The van der Waals surface area contributed by atoms with Crippen LogP contribution in [0.3, 0.4) is 0 Å². The Morgan fingerprint density at radius 3 is 1.86 bits per heavy atom. The highest BCUT2D eigenvalue weighted by molar-refractivity contribution is 7.80. The smallest absolute Gasteiger partial charge is 0.264 e. The van der Waals surface area contributed by atoms with Crippen LogP contribution < -0.4 is 0 Å². The molecule has 0 rings (SSSR count). The quantitative estimate of drug-likeness (QED) is 0.599. The molecule has 0 radical (unpaired) electrons. The number of rotatable bonds is 4. The van der Waals surface area contributed by atoms with E-state index >= 15 is 0 Å². The van der Waals surface area contributed by atoms with E-state index in [-0.39, 0.29) is 0 Å². The molecule has 0 unspecified atom stereocenters. The summed E-state index contributed by atoms with van der Waals surface area (Å²) in [5, 5.41) is 0. The molecule has 0 aromatic heterocycles. The van der Waals surface area contributed by atoms with E-state index in [1.807, 2.05) is 0 Å². The van der Waals surface area contributed by atoms with Gasteiger partial charge in [0.2, 0.25) is 0 Å². The molecule has 0 amide bonds. The van der Waals surface area contributed by atoms with Crippen LogP contribution in [0.25, 0.3) is 0 Å². The maximum absolute atomic E-state index is 12.0. The Morgan fingerprint density at radius 1 is 1.14 bits per heavy atom. The van der Waals surface area contributed by atoms with Gasteiger partial charge in [-0.3, -0.25) is 4.55 Å². The first-order valence-corrected chi connectivity index (χ1v) is 4.38. The second-order valence-corrected chi connectivity index (χ2v) is 3.29. The van der Waals surface area contributed by atoms with Crippen molar-refractivity contribution in [1.29, 1.82) is 0 Å². The van der Waals surface area contributed by atoms with Crippen LogP contribution in [0.5, 0.6) is 0 Å². The molecule has 10 heteroatoms. The van der Waals surface area contributed by atoms with Crippen LogP contribution in [0.15, 0.2) is 0 Å². The molecule has 0 fully saturated rings. The van der Waals surface area contributed by atoms with Crippen LogP contribution in [0.1, 0.15) is 6.42 Å². The molecule has 0 aromatic carbocycles. The Morgan fingerprint density at radius 2 is 1.57 bits per heavy atom. The van der Waals surface area contributed by atoms with Gasteiger partial charge >= 0.3 is 22.5 Å². The van der Waals surface area contributed by atoms with E-state index in [2.05, 4.69) is 4.18 Å². The van der Waals surface area contributed by atoms with Gasteiger partial charge in [-0.1, -0.05) is 0 Å². The molecule has 0 heterocycles. The summed E-state index contributed by atoms with van der Waals surface area (Å²) in [5.74, 6) is -5.04. The first-order valence-electron chi connectivity index (χ1n) is 3.02. The predicted octanol–water partition coefficient (Wildman–Crippen LogP) is 1.39. The zero-order valence-electron chi connectivity index (χ0n) is 6.38. The summed E-state index contributed by atoms with van der Waals surface area (Å²) in [4.78, 5) is 0. The molecule has 0 spiro atoms. The Kier molecular flexibility index (Phi) is 3.81. The standard InChI is InChI=1S/C4H5F5O4S/c5-3(6,4(7,8)9)1-2-13-14(10,11)12/h1-2H2,(H,10,11,12). The molecular weight excluding hydrogens is 239 g/mol. The molecule has 0 aliphatic carbocycles.